The Hall–Kier alpha value is -1.11. The Bertz CT molecular complexity index is 375. The average molecular weight is 202 g/mol. The molecule has 0 radical (unpaired) electrons. The molecule has 1 saturated carbocycles. The first-order chi connectivity index (χ1) is 7.15. The Morgan fingerprint density at radius 1 is 1.33 bits per heavy atom. The zero-order valence-electron chi connectivity index (χ0n) is 9.55. The number of hydrogen-bond donors (Lipinski definition) is 0. The van der Waals surface area contributed by atoms with Crippen LogP contribution >= 0.6 is 0 Å². The smallest absolute Gasteiger partial charge is 0.137 e. The van der Waals surface area contributed by atoms with Crippen molar-refractivity contribution < 1.29 is 4.79 Å². The van der Waals surface area contributed by atoms with E-state index in [1.165, 1.54) is 29.5 Å². The second-order valence-corrected chi connectivity index (χ2v) is 4.79. The summed E-state index contributed by atoms with van der Waals surface area (Å²) in [5, 5.41) is 0. The van der Waals surface area contributed by atoms with Crippen molar-refractivity contribution in [3.8, 4) is 0 Å². The van der Waals surface area contributed by atoms with Gasteiger partial charge in [0.25, 0.3) is 0 Å². The van der Waals surface area contributed by atoms with E-state index in [4.69, 9.17) is 0 Å². The van der Waals surface area contributed by atoms with E-state index in [9.17, 15) is 4.79 Å². The molecule has 0 aromatic heterocycles. The minimum atomic E-state index is 0.409. The van der Waals surface area contributed by atoms with Crippen molar-refractivity contribution in [2.75, 3.05) is 0 Å². The minimum absolute atomic E-state index is 0.409. The Morgan fingerprint density at radius 2 is 2.07 bits per heavy atom. The van der Waals surface area contributed by atoms with Crippen LogP contribution in [0.4, 0.5) is 0 Å². The lowest BCUT2D eigenvalue weighted by atomic mass is 9.99. The van der Waals surface area contributed by atoms with E-state index < -0.39 is 0 Å². The molecule has 15 heavy (non-hydrogen) atoms. The Balaban J connectivity index is 2.01. The number of hydrogen-bond acceptors (Lipinski definition) is 1. The van der Waals surface area contributed by atoms with E-state index in [0.29, 0.717) is 18.1 Å². The lowest BCUT2D eigenvalue weighted by Crippen LogP contribution is -2.05. The molecule has 1 aliphatic carbocycles. The molecule has 0 N–H and O–H groups in total. The molecule has 0 spiro atoms. The standard InChI is InChI=1S/C14H18O/c1-10-3-4-11(2)13(7-10)9-14(15)8-12-5-6-12/h3-4,7,12H,5-6,8-9H2,1-2H3. The highest BCUT2D eigenvalue weighted by atomic mass is 16.1. The molecule has 1 fully saturated rings. The number of carbonyl (C=O) groups is 1. The predicted octanol–water partition coefficient (Wildman–Crippen LogP) is 3.22. The fraction of sp³-hybridized carbons (Fsp3) is 0.500. The van der Waals surface area contributed by atoms with Crippen LogP contribution in [0.2, 0.25) is 0 Å². The molecule has 1 nitrogen and oxygen atoms in total. The topological polar surface area (TPSA) is 17.1 Å². The van der Waals surface area contributed by atoms with Gasteiger partial charge in [-0.25, -0.2) is 0 Å². The van der Waals surface area contributed by atoms with E-state index in [2.05, 4.69) is 32.0 Å². The summed E-state index contributed by atoms with van der Waals surface area (Å²) < 4.78 is 0. The number of Topliss-reactive ketones (excluding diaryl/α,β-unsaturated/α-hetero) is 1. The molecule has 1 aromatic rings. The summed E-state index contributed by atoms with van der Waals surface area (Å²) in [6.45, 7) is 4.16. The normalized spacial score (nSPS) is 15.3. The molecular formula is C14H18O. The highest BCUT2D eigenvalue weighted by molar-refractivity contribution is 5.81. The summed E-state index contributed by atoms with van der Waals surface area (Å²) in [7, 11) is 0. The summed E-state index contributed by atoms with van der Waals surface area (Å²) >= 11 is 0. The fourth-order valence-electron chi connectivity index (χ4n) is 1.92. The Kier molecular flexibility index (Phi) is 2.90. The first-order valence-electron chi connectivity index (χ1n) is 5.73. The Morgan fingerprint density at radius 3 is 2.73 bits per heavy atom. The molecule has 0 aliphatic heterocycles. The zero-order valence-corrected chi connectivity index (χ0v) is 9.55. The monoisotopic (exact) mass is 202 g/mol. The summed E-state index contributed by atoms with van der Waals surface area (Å²) in [5.41, 5.74) is 3.69. The lowest BCUT2D eigenvalue weighted by molar-refractivity contribution is -0.118. The Labute approximate surface area is 91.5 Å². The molecule has 1 aliphatic rings. The molecule has 0 saturated heterocycles. The molecule has 80 valence electrons. The average Bonchev–Trinajstić information content (AvgIpc) is 2.95. The maximum Gasteiger partial charge on any atom is 0.137 e. The van der Waals surface area contributed by atoms with Crippen molar-refractivity contribution >= 4 is 5.78 Å². The van der Waals surface area contributed by atoms with Crippen molar-refractivity contribution in [1.82, 2.24) is 0 Å². The van der Waals surface area contributed by atoms with Crippen LogP contribution in [0.25, 0.3) is 0 Å². The van der Waals surface area contributed by atoms with Gasteiger partial charge in [-0.1, -0.05) is 23.8 Å². The molecular weight excluding hydrogens is 184 g/mol. The number of rotatable bonds is 4. The second kappa shape index (κ2) is 4.18. The van der Waals surface area contributed by atoms with Gasteiger partial charge in [-0.05, 0) is 43.7 Å². The molecule has 2 rings (SSSR count). The van der Waals surface area contributed by atoms with E-state index in [1.807, 2.05) is 0 Å². The molecule has 1 heteroatoms. The van der Waals surface area contributed by atoms with Gasteiger partial charge in [0.05, 0.1) is 0 Å². The first-order valence-corrected chi connectivity index (χ1v) is 5.73. The van der Waals surface area contributed by atoms with Crippen molar-refractivity contribution in [3.05, 3.63) is 34.9 Å². The van der Waals surface area contributed by atoms with Crippen molar-refractivity contribution in [3.63, 3.8) is 0 Å². The van der Waals surface area contributed by atoms with Gasteiger partial charge in [0.15, 0.2) is 0 Å². The third-order valence-electron chi connectivity index (χ3n) is 3.11. The highest BCUT2D eigenvalue weighted by Gasteiger charge is 2.24. The third-order valence-corrected chi connectivity index (χ3v) is 3.11. The zero-order chi connectivity index (χ0) is 10.8. The maximum absolute atomic E-state index is 11.7. The SMILES string of the molecule is Cc1ccc(C)c(CC(=O)CC2CC2)c1. The lowest BCUT2D eigenvalue weighted by Gasteiger charge is -2.06. The van der Waals surface area contributed by atoms with Crippen LogP contribution in [0.15, 0.2) is 18.2 Å². The van der Waals surface area contributed by atoms with Crippen molar-refractivity contribution in [2.24, 2.45) is 5.92 Å². The van der Waals surface area contributed by atoms with Gasteiger partial charge in [-0.2, -0.15) is 0 Å². The number of benzene rings is 1. The van der Waals surface area contributed by atoms with Gasteiger partial charge in [-0.3, -0.25) is 4.79 Å². The molecule has 0 bridgehead atoms. The van der Waals surface area contributed by atoms with E-state index in [-0.39, 0.29) is 0 Å². The summed E-state index contributed by atoms with van der Waals surface area (Å²) in [5.74, 6) is 1.12. The predicted molar refractivity (Wildman–Crippen MR) is 62.0 cm³/mol. The van der Waals surface area contributed by atoms with Crippen LogP contribution in [0, 0.1) is 19.8 Å². The molecule has 1 aromatic carbocycles. The summed E-state index contributed by atoms with van der Waals surface area (Å²) in [4.78, 5) is 11.7. The number of carbonyl (C=O) groups excluding carboxylic acids is 1. The largest absolute Gasteiger partial charge is 0.299 e. The number of ketones is 1. The quantitative estimate of drug-likeness (QED) is 0.732. The van der Waals surface area contributed by atoms with Gasteiger partial charge < -0.3 is 0 Å². The molecule has 0 unspecified atom stereocenters. The summed E-state index contributed by atoms with van der Waals surface area (Å²) in [6, 6.07) is 6.35. The van der Waals surface area contributed by atoms with Crippen LogP contribution in [0.1, 0.15) is 36.0 Å². The first kappa shape index (κ1) is 10.4. The molecule has 0 amide bonds. The van der Waals surface area contributed by atoms with Crippen LogP contribution in [-0.2, 0) is 11.2 Å². The second-order valence-electron chi connectivity index (χ2n) is 4.79. The van der Waals surface area contributed by atoms with Crippen molar-refractivity contribution in [2.45, 2.75) is 39.5 Å². The van der Waals surface area contributed by atoms with Crippen LogP contribution in [0.5, 0.6) is 0 Å². The highest BCUT2D eigenvalue weighted by Crippen LogP contribution is 2.32. The summed E-state index contributed by atoms with van der Waals surface area (Å²) in [6.07, 6.45) is 3.95. The van der Waals surface area contributed by atoms with E-state index in [1.54, 1.807) is 0 Å². The van der Waals surface area contributed by atoms with Gasteiger partial charge in [-0.15, -0.1) is 0 Å². The van der Waals surface area contributed by atoms with E-state index >= 15 is 0 Å². The van der Waals surface area contributed by atoms with Gasteiger partial charge in [0, 0.05) is 12.8 Å². The van der Waals surface area contributed by atoms with Crippen LogP contribution < -0.4 is 0 Å². The molecule has 0 heterocycles. The molecule has 0 atom stereocenters. The third kappa shape index (κ3) is 2.92. The minimum Gasteiger partial charge on any atom is -0.299 e. The van der Waals surface area contributed by atoms with Gasteiger partial charge >= 0.3 is 0 Å². The van der Waals surface area contributed by atoms with Crippen LogP contribution in [-0.4, -0.2) is 5.78 Å². The number of aryl methyl sites for hydroxylation is 2. The van der Waals surface area contributed by atoms with Crippen molar-refractivity contribution in [1.29, 1.82) is 0 Å². The maximum atomic E-state index is 11.7. The van der Waals surface area contributed by atoms with Gasteiger partial charge in [0.2, 0.25) is 0 Å². The van der Waals surface area contributed by atoms with E-state index in [0.717, 1.165) is 6.42 Å². The fourth-order valence-corrected chi connectivity index (χ4v) is 1.92. The van der Waals surface area contributed by atoms with Gasteiger partial charge in [0.1, 0.15) is 5.78 Å². The van der Waals surface area contributed by atoms with Crippen LogP contribution in [0.3, 0.4) is 0 Å².